The number of hydrogen-bond acceptors (Lipinski definition) is 5. The summed E-state index contributed by atoms with van der Waals surface area (Å²) in [7, 11) is 1.76. The standard InChI is InChI=1S/C12H18ClN3OS/c1-12(2)7(5-8(12)17-3)14-10-6-9(13)15-11(16-10)18-4/h6-8H,5H2,1-4H3,(H,14,15,16). The van der Waals surface area contributed by atoms with Crippen molar-refractivity contribution in [2.75, 3.05) is 18.7 Å². The maximum Gasteiger partial charge on any atom is 0.190 e. The SMILES string of the molecule is COC1CC(Nc2cc(Cl)nc(SC)n2)C1(C)C. The maximum atomic E-state index is 5.97. The van der Waals surface area contributed by atoms with E-state index in [1.54, 1.807) is 13.2 Å². The lowest BCUT2D eigenvalue weighted by atomic mass is 9.64. The summed E-state index contributed by atoms with van der Waals surface area (Å²) in [4.78, 5) is 8.53. The Bertz CT molecular complexity index is 441. The Morgan fingerprint density at radius 2 is 2.22 bits per heavy atom. The van der Waals surface area contributed by atoms with Crippen LogP contribution in [0.15, 0.2) is 11.2 Å². The summed E-state index contributed by atoms with van der Waals surface area (Å²) in [6, 6.07) is 2.11. The first-order valence-electron chi connectivity index (χ1n) is 5.85. The fourth-order valence-corrected chi connectivity index (χ4v) is 2.88. The van der Waals surface area contributed by atoms with Crippen LogP contribution in [-0.2, 0) is 4.74 Å². The number of aromatic nitrogens is 2. The van der Waals surface area contributed by atoms with Gasteiger partial charge in [-0.2, -0.15) is 0 Å². The topological polar surface area (TPSA) is 47.0 Å². The minimum atomic E-state index is 0.103. The predicted octanol–water partition coefficient (Wildman–Crippen LogP) is 3.08. The largest absolute Gasteiger partial charge is 0.381 e. The molecule has 0 aromatic carbocycles. The molecule has 2 rings (SSSR count). The molecule has 1 aromatic rings. The molecule has 0 bridgehead atoms. The summed E-state index contributed by atoms with van der Waals surface area (Å²) in [5.74, 6) is 0.784. The van der Waals surface area contributed by atoms with Gasteiger partial charge in [0.2, 0.25) is 0 Å². The summed E-state index contributed by atoms with van der Waals surface area (Å²) in [5.41, 5.74) is 0.103. The summed E-state index contributed by atoms with van der Waals surface area (Å²) in [5, 5.41) is 4.57. The van der Waals surface area contributed by atoms with Gasteiger partial charge in [0.05, 0.1) is 6.10 Å². The van der Waals surface area contributed by atoms with E-state index < -0.39 is 0 Å². The van der Waals surface area contributed by atoms with Crippen LogP contribution in [0.2, 0.25) is 5.15 Å². The summed E-state index contributed by atoms with van der Waals surface area (Å²) in [6.07, 6.45) is 3.22. The van der Waals surface area contributed by atoms with Crippen molar-refractivity contribution in [2.24, 2.45) is 5.41 Å². The molecule has 1 heterocycles. The summed E-state index contributed by atoms with van der Waals surface area (Å²) < 4.78 is 5.44. The van der Waals surface area contributed by atoms with Crippen molar-refractivity contribution in [3.8, 4) is 0 Å². The highest BCUT2D eigenvalue weighted by atomic mass is 35.5. The van der Waals surface area contributed by atoms with Gasteiger partial charge in [-0.15, -0.1) is 0 Å². The van der Waals surface area contributed by atoms with E-state index in [1.165, 1.54) is 11.8 Å². The lowest BCUT2D eigenvalue weighted by Crippen LogP contribution is -2.57. The first-order valence-corrected chi connectivity index (χ1v) is 7.45. The van der Waals surface area contributed by atoms with Crippen LogP contribution in [0.4, 0.5) is 5.82 Å². The average Bonchev–Trinajstić information content (AvgIpc) is 2.33. The van der Waals surface area contributed by atoms with E-state index in [4.69, 9.17) is 16.3 Å². The summed E-state index contributed by atoms with van der Waals surface area (Å²) >= 11 is 7.45. The van der Waals surface area contributed by atoms with E-state index in [0.29, 0.717) is 22.5 Å². The van der Waals surface area contributed by atoms with Crippen molar-refractivity contribution in [3.63, 3.8) is 0 Å². The summed E-state index contributed by atoms with van der Waals surface area (Å²) in [6.45, 7) is 4.39. The molecular weight excluding hydrogens is 270 g/mol. The molecule has 4 nitrogen and oxygen atoms in total. The Hall–Kier alpha value is -0.520. The van der Waals surface area contributed by atoms with Crippen LogP contribution in [0.3, 0.4) is 0 Å². The first kappa shape index (κ1) is 13.9. The molecule has 6 heteroatoms. The van der Waals surface area contributed by atoms with Crippen LogP contribution < -0.4 is 5.32 Å². The molecule has 2 unspecified atom stereocenters. The van der Waals surface area contributed by atoms with Gasteiger partial charge < -0.3 is 10.1 Å². The average molecular weight is 288 g/mol. The molecule has 0 amide bonds. The van der Waals surface area contributed by atoms with Gasteiger partial charge in [-0.3, -0.25) is 0 Å². The molecule has 1 fully saturated rings. The van der Waals surface area contributed by atoms with Gasteiger partial charge in [0.15, 0.2) is 5.16 Å². The number of hydrogen-bond donors (Lipinski definition) is 1. The minimum Gasteiger partial charge on any atom is -0.381 e. The first-order chi connectivity index (χ1) is 8.47. The fourth-order valence-electron chi connectivity index (χ4n) is 2.27. The molecule has 0 radical (unpaired) electrons. The van der Waals surface area contributed by atoms with E-state index in [0.717, 1.165) is 12.2 Å². The molecule has 0 saturated heterocycles. The van der Waals surface area contributed by atoms with Gasteiger partial charge in [0.1, 0.15) is 11.0 Å². The Morgan fingerprint density at radius 1 is 1.50 bits per heavy atom. The van der Waals surface area contributed by atoms with Crippen LogP contribution in [0, 0.1) is 5.41 Å². The van der Waals surface area contributed by atoms with Gasteiger partial charge in [0, 0.05) is 24.6 Å². The molecule has 18 heavy (non-hydrogen) atoms. The van der Waals surface area contributed by atoms with Crippen molar-refractivity contribution in [3.05, 3.63) is 11.2 Å². The van der Waals surface area contributed by atoms with E-state index in [1.807, 2.05) is 6.26 Å². The zero-order valence-corrected chi connectivity index (χ0v) is 12.6. The zero-order chi connectivity index (χ0) is 13.3. The number of nitrogens with one attached hydrogen (secondary N) is 1. The van der Waals surface area contributed by atoms with Crippen LogP contribution in [-0.4, -0.2) is 35.5 Å². The lowest BCUT2D eigenvalue weighted by Gasteiger charge is -2.51. The van der Waals surface area contributed by atoms with Gasteiger partial charge >= 0.3 is 0 Å². The van der Waals surface area contributed by atoms with Crippen molar-refractivity contribution in [1.29, 1.82) is 0 Å². The number of thioether (sulfide) groups is 1. The van der Waals surface area contributed by atoms with Crippen LogP contribution in [0.1, 0.15) is 20.3 Å². The van der Waals surface area contributed by atoms with Crippen molar-refractivity contribution >= 4 is 29.2 Å². The molecule has 1 aromatic heterocycles. The smallest absolute Gasteiger partial charge is 0.190 e. The third kappa shape index (κ3) is 2.58. The highest BCUT2D eigenvalue weighted by molar-refractivity contribution is 7.98. The van der Waals surface area contributed by atoms with Gasteiger partial charge in [0.25, 0.3) is 0 Å². The van der Waals surface area contributed by atoms with Crippen molar-refractivity contribution in [2.45, 2.75) is 37.6 Å². The predicted molar refractivity (Wildman–Crippen MR) is 75.4 cm³/mol. The van der Waals surface area contributed by atoms with Gasteiger partial charge in [-0.1, -0.05) is 37.2 Å². The molecular formula is C12H18ClN3OS. The molecule has 100 valence electrons. The lowest BCUT2D eigenvalue weighted by molar-refractivity contribution is -0.0795. The Kier molecular flexibility index (Phi) is 4.04. The van der Waals surface area contributed by atoms with Crippen LogP contribution in [0.25, 0.3) is 0 Å². The van der Waals surface area contributed by atoms with E-state index in [-0.39, 0.29) is 5.41 Å². The third-order valence-electron chi connectivity index (χ3n) is 3.64. The van der Waals surface area contributed by atoms with Crippen LogP contribution >= 0.6 is 23.4 Å². The second kappa shape index (κ2) is 5.23. The maximum absolute atomic E-state index is 5.97. The number of anilines is 1. The van der Waals surface area contributed by atoms with Crippen LogP contribution in [0.5, 0.6) is 0 Å². The molecule has 0 spiro atoms. The van der Waals surface area contributed by atoms with Gasteiger partial charge in [-0.25, -0.2) is 9.97 Å². The monoisotopic (exact) mass is 287 g/mol. The molecule has 1 N–H and O–H groups in total. The Balaban J connectivity index is 2.09. The highest BCUT2D eigenvalue weighted by Gasteiger charge is 2.48. The van der Waals surface area contributed by atoms with Crippen molar-refractivity contribution < 1.29 is 4.74 Å². The third-order valence-corrected chi connectivity index (χ3v) is 4.38. The second-order valence-corrected chi connectivity index (χ2v) is 6.20. The molecule has 0 aliphatic heterocycles. The zero-order valence-electron chi connectivity index (χ0n) is 11.0. The number of ether oxygens (including phenoxy) is 1. The number of nitrogens with zero attached hydrogens (tertiary/aromatic N) is 2. The Morgan fingerprint density at radius 3 is 2.78 bits per heavy atom. The van der Waals surface area contributed by atoms with Crippen molar-refractivity contribution in [1.82, 2.24) is 9.97 Å². The molecule has 2 atom stereocenters. The second-order valence-electron chi connectivity index (χ2n) is 5.04. The minimum absolute atomic E-state index is 0.103. The van der Waals surface area contributed by atoms with Gasteiger partial charge in [-0.05, 0) is 12.7 Å². The quantitative estimate of drug-likeness (QED) is 0.524. The van der Waals surface area contributed by atoms with E-state index in [9.17, 15) is 0 Å². The molecule has 1 aliphatic carbocycles. The number of methoxy groups -OCH3 is 1. The van der Waals surface area contributed by atoms with E-state index in [2.05, 4.69) is 29.1 Å². The fraction of sp³-hybridized carbons (Fsp3) is 0.667. The number of rotatable bonds is 4. The van der Waals surface area contributed by atoms with E-state index >= 15 is 0 Å². The highest BCUT2D eigenvalue weighted by Crippen LogP contribution is 2.43. The normalized spacial score (nSPS) is 25.6. The molecule has 1 aliphatic rings. The number of halogens is 1. The Labute approximate surface area is 117 Å². The molecule has 1 saturated carbocycles.